The van der Waals surface area contributed by atoms with Gasteiger partial charge in [-0.1, -0.05) is 6.07 Å². The summed E-state index contributed by atoms with van der Waals surface area (Å²) >= 11 is 0. The second-order valence-electron chi connectivity index (χ2n) is 7.74. The molecule has 1 fully saturated rings. The number of nitrogens with zero attached hydrogens (tertiary/aromatic N) is 5. The molecule has 1 unspecified atom stereocenters. The molecule has 7 nitrogen and oxygen atoms in total. The van der Waals surface area contributed by atoms with Crippen molar-refractivity contribution >= 4 is 17.4 Å². The summed E-state index contributed by atoms with van der Waals surface area (Å²) in [6.07, 6.45) is 3.46. The van der Waals surface area contributed by atoms with Gasteiger partial charge in [0.2, 0.25) is 0 Å². The Labute approximate surface area is 179 Å². The van der Waals surface area contributed by atoms with E-state index in [0.717, 1.165) is 22.9 Å². The third-order valence-electron chi connectivity index (χ3n) is 5.86. The molecule has 0 saturated carbocycles. The van der Waals surface area contributed by atoms with Gasteiger partial charge in [0, 0.05) is 49.8 Å². The van der Waals surface area contributed by atoms with E-state index in [0.29, 0.717) is 31.8 Å². The fourth-order valence-corrected chi connectivity index (χ4v) is 4.28. The molecule has 0 aliphatic carbocycles. The number of hydrogen-bond acceptors (Lipinski definition) is 5. The molecule has 2 aliphatic heterocycles. The van der Waals surface area contributed by atoms with Crippen molar-refractivity contribution < 1.29 is 9.18 Å². The number of halogens is 1. The number of piperazine rings is 1. The summed E-state index contributed by atoms with van der Waals surface area (Å²) in [7, 11) is 0. The number of allylic oxidation sites excluding steroid dienone is 1. The van der Waals surface area contributed by atoms with E-state index in [-0.39, 0.29) is 17.8 Å². The number of rotatable bonds is 3. The second kappa shape index (κ2) is 7.86. The Hall–Kier alpha value is -3.68. The highest BCUT2D eigenvalue weighted by atomic mass is 19.1. The van der Waals surface area contributed by atoms with Crippen LogP contribution in [0.5, 0.6) is 0 Å². The minimum Gasteiger partial charge on any atom is -0.368 e. The third kappa shape index (κ3) is 3.54. The zero-order valence-electron chi connectivity index (χ0n) is 17.2. The maximum atomic E-state index is 13.7. The number of carbonyl (C=O) groups excluding carboxylic acids is 1. The highest BCUT2D eigenvalue weighted by molar-refractivity contribution is 5.97. The molecule has 2 aliphatic rings. The topological polar surface area (TPSA) is 66.3 Å². The lowest BCUT2D eigenvalue weighted by atomic mass is 9.97. The number of carbonyl (C=O) groups is 1. The van der Waals surface area contributed by atoms with Gasteiger partial charge < -0.3 is 15.1 Å². The van der Waals surface area contributed by atoms with Crippen LogP contribution in [0.2, 0.25) is 0 Å². The SMILES string of the molecule is CC1=C(C(=O)N2CCN(c3ccc(F)cc3)CC2)C(c2ccccn2)n2nccc2N1. The van der Waals surface area contributed by atoms with Crippen molar-refractivity contribution in [3.63, 3.8) is 0 Å². The normalized spacial score (nSPS) is 18.6. The van der Waals surface area contributed by atoms with Gasteiger partial charge in [-0.25, -0.2) is 9.07 Å². The number of nitrogens with one attached hydrogen (secondary N) is 1. The molecule has 1 atom stereocenters. The fourth-order valence-electron chi connectivity index (χ4n) is 4.28. The molecule has 5 rings (SSSR count). The van der Waals surface area contributed by atoms with Crippen LogP contribution in [-0.2, 0) is 4.79 Å². The molecule has 0 bridgehead atoms. The molecule has 158 valence electrons. The number of amides is 1. The van der Waals surface area contributed by atoms with Crippen LogP contribution >= 0.6 is 0 Å². The van der Waals surface area contributed by atoms with Crippen LogP contribution in [0.25, 0.3) is 0 Å². The van der Waals surface area contributed by atoms with E-state index in [4.69, 9.17) is 0 Å². The highest BCUT2D eigenvalue weighted by Gasteiger charge is 2.36. The van der Waals surface area contributed by atoms with Crippen LogP contribution in [0, 0.1) is 5.82 Å². The summed E-state index contributed by atoms with van der Waals surface area (Å²) in [5.74, 6) is 0.578. The fraction of sp³-hybridized carbons (Fsp3) is 0.261. The first-order chi connectivity index (χ1) is 15.1. The van der Waals surface area contributed by atoms with Gasteiger partial charge in [0.15, 0.2) is 0 Å². The third-order valence-corrected chi connectivity index (χ3v) is 5.86. The summed E-state index contributed by atoms with van der Waals surface area (Å²) in [6.45, 7) is 4.49. The molecular formula is C23H23FN6O. The molecular weight excluding hydrogens is 395 g/mol. The second-order valence-corrected chi connectivity index (χ2v) is 7.74. The number of aromatic nitrogens is 3. The number of benzene rings is 1. The predicted octanol–water partition coefficient (Wildman–Crippen LogP) is 3.05. The average Bonchev–Trinajstić information content (AvgIpc) is 3.27. The summed E-state index contributed by atoms with van der Waals surface area (Å²) in [6, 6.07) is 13.7. The molecule has 1 saturated heterocycles. The van der Waals surface area contributed by atoms with Crippen molar-refractivity contribution in [2.24, 2.45) is 0 Å². The van der Waals surface area contributed by atoms with E-state index >= 15 is 0 Å². The molecule has 31 heavy (non-hydrogen) atoms. The molecule has 1 aromatic carbocycles. The lowest BCUT2D eigenvalue weighted by Gasteiger charge is -2.38. The minimum atomic E-state index is -0.380. The van der Waals surface area contributed by atoms with Gasteiger partial charge in [0.25, 0.3) is 5.91 Å². The van der Waals surface area contributed by atoms with Crippen molar-refractivity contribution in [2.75, 3.05) is 36.4 Å². The van der Waals surface area contributed by atoms with E-state index in [1.165, 1.54) is 12.1 Å². The van der Waals surface area contributed by atoms with E-state index in [1.807, 2.05) is 40.8 Å². The Bertz CT molecular complexity index is 1120. The van der Waals surface area contributed by atoms with Crippen molar-refractivity contribution in [2.45, 2.75) is 13.0 Å². The Balaban J connectivity index is 1.39. The highest BCUT2D eigenvalue weighted by Crippen LogP contribution is 2.35. The van der Waals surface area contributed by atoms with Crippen molar-refractivity contribution in [1.29, 1.82) is 0 Å². The van der Waals surface area contributed by atoms with Crippen molar-refractivity contribution in [3.05, 3.63) is 83.7 Å². The molecule has 0 spiro atoms. The summed E-state index contributed by atoms with van der Waals surface area (Å²) < 4.78 is 15.0. The minimum absolute atomic E-state index is 0.0134. The summed E-state index contributed by atoms with van der Waals surface area (Å²) in [5.41, 5.74) is 3.22. The van der Waals surface area contributed by atoms with Gasteiger partial charge in [-0.15, -0.1) is 0 Å². The molecule has 0 radical (unpaired) electrons. The zero-order chi connectivity index (χ0) is 21.4. The number of hydrogen-bond donors (Lipinski definition) is 1. The first-order valence-corrected chi connectivity index (χ1v) is 10.3. The monoisotopic (exact) mass is 418 g/mol. The Kier molecular flexibility index (Phi) is 4.89. The number of fused-ring (bicyclic) bond motifs is 1. The molecule has 1 amide bonds. The van der Waals surface area contributed by atoms with Gasteiger partial charge in [-0.05, 0) is 43.3 Å². The van der Waals surface area contributed by atoms with Gasteiger partial charge in [-0.2, -0.15) is 5.10 Å². The first kappa shape index (κ1) is 19.3. The summed E-state index contributed by atoms with van der Waals surface area (Å²) in [4.78, 5) is 22.2. The quantitative estimate of drug-likeness (QED) is 0.708. The number of anilines is 2. The lowest BCUT2D eigenvalue weighted by molar-refractivity contribution is -0.128. The van der Waals surface area contributed by atoms with E-state index in [9.17, 15) is 9.18 Å². The van der Waals surface area contributed by atoms with Gasteiger partial charge in [0.1, 0.15) is 17.7 Å². The van der Waals surface area contributed by atoms with E-state index < -0.39 is 0 Å². The number of pyridine rings is 1. The predicted molar refractivity (Wildman–Crippen MR) is 116 cm³/mol. The maximum absolute atomic E-state index is 13.7. The largest absolute Gasteiger partial charge is 0.368 e. The summed E-state index contributed by atoms with van der Waals surface area (Å²) in [5, 5.41) is 7.76. The van der Waals surface area contributed by atoms with Crippen LogP contribution in [-0.4, -0.2) is 51.8 Å². The van der Waals surface area contributed by atoms with Crippen molar-refractivity contribution in [3.8, 4) is 0 Å². The van der Waals surface area contributed by atoms with Crippen LogP contribution < -0.4 is 10.2 Å². The van der Waals surface area contributed by atoms with Crippen LogP contribution in [0.1, 0.15) is 18.7 Å². The Morgan fingerprint density at radius 3 is 2.52 bits per heavy atom. The van der Waals surface area contributed by atoms with E-state index in [2.05, 4.69) is 20.3 Å². The standard InChI is InChI=1S/C23H23FN6O/c1-16-21(22(19-4-2-3-10-25-19)30-20(27-16)9-11-26-30)23(31)29-14-12-28(13-15-29)18-7-5-17(24)6-8-18/h2-11,22,27H,12-15H2,1H3. The van der Waals surface area contributed by atoms with Gasteiger partial charge >= 0.3 is 0 Å². The van der Waals surface area contributed by atoms with Crippen LogP contribution in [0.4, 0.5) is 15.9 Å². The van der Waals surface area contributed by atoms with Gasteiger partial charge in [-0.3, -0.25) is 9.78 Å². The van der Waals surface area contributed by atoms with E-state index in [1.54, 1.807) is 24.5 Å². The molecule has 8 heteroatoms. The Morgan fingerprint density at radius 1 is 1.03 bits per heavy atom. The van der Waals surface area contributed by atoms with Crippen molar-refractivity contribution in [1.82, 2.24) is 19.7 Å². The first-order valence-electron chi connectivity index (χ1n) is 10.3. The molecule has 1 N–H and O–H groups in total. The maximum Gasteiger partial charge on any atom is 0.254 e. The Morgan fingerprint density at radius 2 is 1.81 bits per heavy atom. The average molecular weight is 418 g/mol. The molecule has 2 aromatic heterocycles. The lowest BCUT2D eigenvalue weighted by Crippen LogP contribution is -2.50. The smallest absolute Gasteiger partial charge is 0.254 e. The molecule has 3 aromatic rings. The van der Waals surface area contributed by atoms with Crippen LogP contribution in [0.15, 0.2) is 72.2 Å². The zero-order valence-corrected chi connectivity index (χ0v) is 17.2. The van der Waals surface area contributed by atoms with Gasteiger partial charge in [0.05, 0.1) is 17.5 Å². The molecule has 4 heterocycles. The van der Waals surface area contributed by atoms with Crippen LogP contribution in [0.3, 0.4) is 0 Å².